The van der Waals surface area contributed by atoms with Gasteiger partial charge in [-0.1, -0.05) is 18.2 Å². The van der Waals surface area contributed by atoms with E-state index in [0.29, 0.717) is 23.3 Å². The van der Waals surface area contributed by atoms with Gasteiger partial charge >= 0.3 is 5.63 Å². The third kappa shape index (κ3) is 3.91. The van der Waals surface area contributed by atoms with Crippen LogP contribution < -0.4 is 15.7 Å². The number of hydrogen-bond donors (Lipinski definition) is 1. The van der Waals surface area contributed by atoms with Gasteiger partial charge in [0, 0.05) is 29.0 Å². The molecule has 0 atom stereocenters. The Morgan fingerprint density at radius 2 is 2.00 bits per heavy atom. The second-order valence-corrected chi connectivity index (χ2v) is 8.28. The minimum atomic E-state index is -0.420. The lowest BCUT2D eigenvalue weighted by atomic mass is 10.0. The first-order valence-electron chi connectivity index (χ1n) is 11.1. The fraction of sp³-hybridized carbons (Fsp3) is 0.269. The lowest BCUT2D eigenvalue weighted by Gasteiger charge is -2.12. The van der Waals surface area contributed by atoms with Gasteiger partial charge in [-0.15, -0.1) is 0 Å². The van der Waals surface area contributed by atoms with Crippen LogP contribution in [0.5, 0.6) is 5.75 Å². The van der Waals surface area contributed by atoms with Gasteiger partial charge in [0.1, 0.15) is 17.2 Å². The van der Waals surface area contributed by atoms with Crippen LogP contribution >= 0.6 is 0 Å². The number of ether oxygens (including phenoxy) is 1. The van der Waals surface area contributed by atoms with Crippen LogP contribution in [-0.4, -0.2) is 22.8 Å². The molecule has 2 aromatic carbocycles. The maximum atomic E-state index is 12.9. The fourth-order valence-electron chi connectivity index (χ4n) is 4.50. The predicted octanol–water partition coefficient (Wildman–Crippen LogP) is 4.36. The zero-order valence-electron chi connectivity index (χ0n) is 18.7. The molecule has 1 aliphatic rings. The van der Waals surface area contributed by atoms with E-state index in [1.54, 1.807) is 13.2 Å². The predicted molar refractivity (Wildman–Crippen MR) is 126 cm³/mol. The van der Waals surface area contributed by atoms with Crippen molar-refractivity contribution in [1.29, 1.82) is 0 Å². The molecule has 33 heavy (non-hydrogen) atoms. The Labute approximate surface area is 191 Å². The van der Waals surface area contributed by atoms with Gasteiger partial charge in [-0.2, -0.15) is 5.10 Å². The number of nitrogens with one attached hydrogen (secondary N) is 1. The highest BCUT2D eigenvalue weighted by atomic mass is 16.5. The summed E-state index contributed by atoms with van der Waals surface area (Å²) in [4.78, 5) is 25.6. The first-order valence-corrected chi connectivity index (χ1v) is 11.1. The van der Waals surface area contributed by atoms with Crippen molar-refractivity contribution in [1.82, 2.24) is 9.78 Å². The van der Waals surface area contributed by atoms with Crippen molar-refractivity contribution in [2.45, 2.75) is 39.0 Å². The van der Waals surface area contributed by atoms with E-state index in [2.05, 4.69) is 5.32 Å². The normalized spacial score (nSPS) is 12.7. The minimum Gasteiger partial charge on any atom is -0.497 e. The summed E-state index contributed by atoms with van der Waals surface area (Å²) in [6.07, 6.45) is 3.32. The third-order valence-electron chi connectivity index (χ3n) is 6.26. The van der Waals surface area contributed by atoms with E-state index >= 15 is 0 Å². The van der Waals surface area contributed by atoms with E-state index in [1.807, 2.05) is 54.1 Å². The van der Waals surface area contributed by atoms with Crippen molar-refractivity contribution in [2.24, 2.45) is 0 Å². The molecule has 2 aromatic heterocycles. The smallest absolute Gasteiger partial charge is 0.339 e. The molecule has 1 N–H and O–H groups in total. The molecule has 1 amide bonds. The number of aryl methyl sites for hydroxylation is 2. The minimum absolute atomic E-state index is 0.157. The van der Waals surface area contributed by atoms with Crippen LogP contribution in [0.3, 0.4) is 0 Å². The number of carbonyl (C=O) groups is 1. The van der Waals surface area contributed by atoms with Crippen LogP contribution in [-0.2, 0) is 24.1 Å². The topological polar surface area (TPSA) is 86.4 Å². The summed E-state index contributed by atoms with van der Waals surface area (Å²) < 4.78 is 12.5. The average Bonchev–Trinajstić information content (AvgIpc) is 3.41. The van der Waals surface area contributed by atoms with Crippen LogP contribution in [0.1, 0.15) is 35.2 Å². The first kappa shape index (κ1) is 21.0. The number of para-hydroxylation sites is 1. The number of carbonyl (C=O) groups excluding carboxylic acids is 1. The molecule has 7 heteroatoms. The molecule has 5 rings (SSSR count). The van der Waals surface area contributed by atoms with Gasteiger partial charge in [-0.3, -0.25) is 4.79 Å². The quantitative estimate of drug-likeness (QED) is 0.448. The number of benzene rings is 2. The van der Waals surface area contributed by atoms with Crippen molar-refractivity contribution in [3.05, 3.63) is 81.3 Å². The highest BCUT2D eigenvalue weighted by Gasteiger charge is 2.24. The van der Waals surface area contributed by atoms with Gasteiger partial charge in [-0.25, -0.2) is 9.48 Å². The van der Waals surface area contributed by atoms with Gasteiger partial charge in [-0.05, 0) is 62.4 Å². The number of anilines is 1. The van der Waals surface area contributed by atoms with Crippen LogP contribution in [0.25, 0.3) is 16.7 Å². The maximum absolute atomic E-state index is 12.9. The van der Waals surface area contributed by atoms with Crippen LogP contribution in [0.15, 0.2) is 57.7 Å². The van der Waals surface area contributed by atoms with Crippen LogP contribution in [0, 0.1) is 6.92 Å². The van der Waals surface area contributed by atoms with Crippen molar-refractivity contribution in [2.75, 3.05) is 12.4 Å². The Balaban J connectivity index is 1.38. The van der Waals surface area contributed by atoms with Crippen molar-refractivity contribution < 1.29 is 13.9 Å². The van der Waals surface area contributed by atoms with E-state index in [0.717, 1.165) is 53.0 Å². The Bertz CT molecular complexity index is 1400. The zero-order valence-corrected chi connectivity index (χ0v) is 18.7. The van der Waals surface area contributed by atoms with Gasteiger partial charge in [0.2, 0.25) is 5.91 Å². The molecule has 0 saturated carbocycles. The molecule has 168 valence electrons. The second-order valence-electron chi connectivity index (χ2n) is 8.28. The molecule has 0 bridgehead atoms. The second kappa shape index (κ2) is 8.58. The standard InChI is InChI=1S/C26H25N3O4/c1-16-19-12-11-18(32-2)15-23(19)33-26(31)20(16)13-14-24(30)27-25-21-9-6-10-22(21)28-29(25)17-7-4-3-5-8-17/h3-5,7-8,11-12,15H,6,9-10,13-14H2,1-2H3,(H,27,30). The highest BCUT2D eigenvalue weighted by molar-refractivity contribution is 5.91. The Morgan fingerprint density at radius 3 is 2.79 bits per heavy atom. The summed E-state index contributed by atoms with van der Waals surface area (Å²) >= 11 is 0. The lowest BCUT2D eigenvalue weighted by Crippen LogP contribution is -2.19. The molecular formula is C26H25N3O4. The van der Waals surface area contributed by atoms with E-state index in [1.165, 1.54) is 0 Å². The molecule has 0 aliphatic heterocycles. The molecule has 1 aliphatic carbocycles. The van der Waals surface area contributed by atoms with Crippen molar-refractivity contribution >= 4 is 22.7 Å². The van der Waals surface area contributed by atoms with E-state index in [4.69, 9.17) is 14.3 Å². The Hall–Kier alpha value is -3.87. The third-order valence-corrected chi connectivity index (χ3v) is 6.26. The van der Waals surface area contributed by atoms with Crippen LogP contribution in [0.4, 0.5) is 5.82 Å². The van der Waals surface area contributed by atoms with Gasteiger partial charge in [0.25, 0.3) is 0 Å². The molecule has 2 heterocycles. The van der Waals surface area contributed by atoms with Crippen molar-refractivity contribution in [3.63, 3.8) is 0 Å². The number of methoxy groups -OCH3 is 1. The molecule has 4 aromatic rings. The number of aromatic nitrogens is 2. The molecule has 0 radical (unpaired) electrons. The zero-order chi connectivity index (χ0) is 22.9. The summed E-state index contributed by atoms with van der Waals surface area (Å²) in [5, 5.41) is 8.64. The summed E-state index contributed by atoms with van der Waals surface area (Å²) in [7, 11) is 1.57. The summed E-state index contributed by atoms with van der Waals surface area (Å²) in [5.74, 6) is 1.20. The van der Waals surface area contributed by atoms with Crippen LogP contribution in [0.2, 0.25) is 0 Å². The summed E-state index contributed by atoms with van der Waals surface area (Å²) in [6.45, 7) is 1.89. The number of rotatable bonds is 6. The number of nitrogens with zero attached hydrogens (tertiary/aromatic N) is 2. The van der Waals surface area contributed by atoms with Gasteiger partial charge in [0.05, 0.1) is 18.5 Å². The molecule has 0 saturated heterocycles. The van der Waals surface area contributed by atoms with E-state index in [9.17, 15) is 9.59 Å². The molecule has 0 unspecified atom stereocenters. The first-order chi connectivity index (χ1) is 16.0. The Kier molecular flexibility index (Phi) is 5.46. The number of amides is 1. The maximum Gasteiger partial charge on any atom is 0.339 e. The van der Waals surface area contributed by atoms with E-state index in [-0.39, 0.29) is 12.3 Å². The largest absolute Gasteiger partial charge is 0.497 e. The van der Waals surface area contributed by atoms with Crippen molar-refractivity contribution in [3.8, 4) is 11.4 Å². The number of fused-ring (bicyclic) bond motifs is 2. The lowest BCUT2D eigenvalue weighted by molar-refractivity contribution is -0.116. The highest BCUT2D eigenvalue weighted by Crippen LogP contribution is 2.31. The molecule has 7 nitrogen and oxygen atoms in total. The fourth-order valence-corrected chi connectivity index (χ4v) is 4.50. The molecule has 0 spiro atoms. The SMILES string of the molecule is COc1ccc2c(C)c(CCC(=O)Nc3c4c(nn3-c3ccccc3)CCC4)c(=O)oc2c1. The number of hydrogen-bond acceptors (Lipinski definition) is 5. The van der Waals surface area contributed by atoms with E-state index < -0.39 is 5.63 Å². The van der Waals surface area contributed by atoms with Gasteiger partial charge < -0.3 is 14.5 Å². The molecular weight excluding hydrogens is 418 g/mol. The Morgan fingerprint density at radius 1 is 1.18 bits per heavy atom. The average molecular weight is 444 g/mol. The summed E-state index contributed by atoms with van der Waals surface area (Å²) in [6, 6.07) is 15.2. The van der Waals surface area contributed by atoms with Gasteiger partial charge in [0.15, 0.2) is 0 Å². The monoisotopic (exact) mass is 443 g/mol. The molecule has 0 fully saturated rings. The summed E-state index contributed by atoms with van der Waals surface area (Å²) in [5.41, 5.74) is 4.45.